The van der Waals surface area contributed by atoms with E-state index in [1.165, 1.54) is 11.8 Å². The highest BCUT2D eigenvalue weighted by Gasteiger charge is 2.14. The van der Waals surface area contributed by atoms with Gasteiger partial charge < -0.3 is 0 Å². The predicted molar refractivity (Wildman–Crippen MR) is 95.5 cm³/mol. The van der Waals surface area contributed by atoms with Gasteiger partial charge in [0.2, 0.25) is 0 Å². The molecular formula is C16H10Cl2N4S. The lowest BCUT2D eigenvalue weighted by molar-refractivity contribution is 0.813. The van der Waals surface area contributed by atoms with Crippen molar-refractivity contribution in [3.05, 3.63) is 52.5 Å². The first-order chi connectivity index (χ1) is 11.2. The number of benzene rings is 2. The van der Waals surface area contributed by atoms with Crippen LogP contribution in [0.15, 0.2) is 47.6 Å². The van der Waals surface area contributed by atoms with Crippen LogP contribution in [0.25, 0.3) is 27.9 Å². The molecule has 0 radical (unpaired) electrons. The summed E-state index contributed by atoms with van der Waals surface area (Å²) in [5, 5.41) is 7.44. The first kappa shape index (κ1) is 14.8. The van der Waals surface area contributed by atoms with Gasteiger partial charge in [0.25, 0.3) is 0 Å². The number of rotatable bonds is 2. The average Bonchev–Trinajstić information content (AvgIpc) is 2.98. The van der Waals surface area contributed by atoms with E-state index in [-0.39, 0.29) is 0 Å². The van der Waals surface area contributed by atoms with Gasteiger partial charge in [-0.1, -0.05) is 47.1 Å². The molecule has 0 aliphatic rings. The molecule has 0 aliphatic carbocycles. The van der Waals surface area contributed by atoms with Crippen LogP contribution in [0.2, 0.25) is 10.0 Å². The minimum absolute atomic E-state index is 0.555. The molecular weight excluding hydrogens is 351 g/mol. The van der Waals surface area contributed by atoms with E-state index in [2.05, 4.69) is 15.1 Å². The third-order valence-electron chi connectivity index (χ3n) is 3.45. The Kier molecular flexibility index (Phi) is 3.64. The van der Waals surface area contributed by atoms with Crippen molar-refractivity contribution >= 4 is 51.5 Å². The average molecular weight is 361 g/mol. The van der Waals surface area contributed by atoms with Gasteiger partial charge in [0.1, 0.15) is 0 Å². The Morgan fingerprint density at radius 2 is 1.74 bits per heavy atom. The van der Waals surface area contributed by atoms with Gasteiger partial charge in [-0.3, -0.25) is 0 Å². The van der Waals surface area contributed by atoms with Gasteiger partial charge in [0.05, 0.1) is 5.52 Å². The number of fused-ring (bicyclic) bond motifs is 3. The number of hydrogen-bond donors (Lipinski definition) is 0. The Hall–Kier alpha value is -1.82. The van der Waals surface area contributed by atoms with Crippen LogP contribution in [0.1, 0.15) is 0 Å². The molecule has 0 saturated heterocycles. The smallest absolute Gasteiger partial charge is 0.191 e. The topological polar surface area (TPSA) is 43.1 Å². The van der Waals surface area contributed by atoms with Crippen LogP contribution in [-0.4, -0.2) is 25.8 Å². The zero-order chi connectivity index (χ0) is 16.0. The highest BCUT2D eigenvalue weighted by Crippen LogP contribution is 2.28. The van der Waals surface area contributed by atoms with Crippen LogP contribution in [0.3, 0.4) is 0 Å². The number of thioether (sulfide) groups is 1. The van der Waals surface area contributed by atoms with E-state index in [0.717, 1.165) is 27.3 Å². The molecule has 0 saturated carbocycles. The molecule has 0 aliphatic heterocycles. The maximum absolute atomic E-state index is 6.09. The van der Waals surface area contributed by atoms with Crippen LogP contribution in [0, 0.1) is 0 Å². The molecule has 23 heavy (non-hydrogen) atoms. The van der Waals surface area contributed by atoms with Crippen molar-refractivity contribution in [3.63, 3.8) is 0 Å². The van der Waals surface area contributed by atoms with E-state index >= 15 is 0 Å². The third-order valence-corrected chi connectivity index (χ3v) is 4.52. The molecule has 0 spiro atoms. The highest BCUT2D eigenvalue weighted by atomic mass is 35.5. The normalized spacial score (nSPS) is 11.4. The maximum atomic E-state index is 6.09. The highest BCUT2D eigenvalue weighted by molar-refractivity contribution is 7.98. The molecule has 2 heterocycles. The molecule has 0 atom stereocenters. The van der Waals surface area contributed by atoms with E-state index in [1.807, 2.05) is 30.5 Å². The summed E-state index contributed by atoms with van der Waals surface area (Å²) in [7, 11) is 0. The summed E-state index contributed by atoms with van der Waals surface area (Å²) in [6.07, 6.45) is 1.97. The Bertz CT molecular complexity index is 1020. The fourth-order valence-electron chi connectivity index (χ4n) is 2.47. The summed E-state index contributed by atoms with van der Waals surface area (Å²) in [5.74, 6) is 0.572. The standard InChI is InChI=1S/C16H10Cl2N4S/c1-23-16-19-13-5-3-2-4-12(13)15-20-14(21-22(15)16)9-6-10(17)8-11(18)7-9/h2-8H,1H3. The maximum Gasteiger partial charge on any atom is 0.191 e. The monoisotopic (exact) mass is 360 g/mol. The van der Waals surface area contributed by atoms with E-state index in [0.29, 0.717) is 15.9 Å². The second-order valence-corrected chi connectivity index (χ2v) is 6.59. The summed E-state index contributed by atoms with van der Waals surface area (Å²) in [6, 6.07) is 13.2. The van der Waals surface area contributed by atoms with Gasteiger partial charge in [-0.15, -0.1) is 5.10 Å². The molecule has 0 unspecified atom stereocenters. The van der Waals surface area contributed by atoms with Gasteiger partial charge >= 0.3 is 0 Å². The van der Waals surface area contributed by atoms with E-state index in [1.54, 1.807) is 22.7 Å². The molecule has 4 aromatic rings. The molecule has 0 bridgehead atoms. The number of para-hydroxylation sites is 1. The molecule has 7 heteroatoms. The molecule has 2 aromatic carbocycles. The number of halogens is 2. The number of nitrogens with zero attached hydrogens (tertiary/aromatic N) is 4. The fourth-order valence-corrected chi connectivity index (χ4v) is 3.48. The summed E-state index contributed by atoms with van der Waals surface area (Å²) >= 11 is 13.7. The molecule has 2 aromatic heterocycles. The van der Waals surface area contributed by atoms with Crippen LogP contribution < -0.4 is 0 Å². The number of aromatic nitrogens is 4. The van der Waals surface area contributed by atoms with E-state index in [4.69, 9.17) is 23.2 Å². The molecule has 4 nitrogen and oxygen atoms in total. The lowest BCUT2D eigenvalue weighted by Gasteiger charge is -2.02. The minimum atomic E-state index is 0.555. The molecule has 114 valence electrons. The van der Waals surface area contributed by atoms with E-state index < -0.39 is 0 Å². The van der Waals surface area contributed by atoms with Gasteiger partial charge in [-0.05, 0) is 36.6 Å². The Morgan fingerprint density at radius 3 is 2.48 bits per heavy atom. The lowest BCUT2D eigenvalue weighted by Crippen LogP contribution is -1.97. The van der Waals surface area contributed by atoms with Crippen molar-refractivity contribution < 1.29 is 0 Å². The summed E-state index contributed by atoms with van der Waals surface area (Å²) in [5.41, 5.74) is 2.45. The number of hydrogen-bond acceptors (Lipinski definition) is 4. The van der Waals surface area contributed by atoms with Crippen molar-refractivity contribution in [1.29, 1.82) is 0 Å². The van der Waals surface area contributed by atoms with E-state index in [9.17, 15) is 0 Å². The van der Waals surface area contributed by atoms with Crippen molar-refractivity contribution in [2.24, 2.45) is 0 Å². The van der Waals surface area contributed by atoms with Gasteiger partial charge in [-0.25, -0.2) is 9.97 Å². The summed E-state index contributed by atoms with van der Waals surface area (Å²) in [6.45, 7) is 0. The second kappa shape index (κ2) is 5.67. The SMILES string of the molecule is CSc1nc2ccccc2c2nc(-c3cc(Cl)cc(Cl)c3)nn12. The van der Waals surface area contributed by atoms with Gasteiger partial charge in [0.15, 0.2) is 16.6 Å². The Labute approximate surface area is 146 Å². The molecule has 0 N–H and O–H groups in total. The zero-order valence-electron chi connectivity index (χ0n) is 12.0. The first-order valence-electron chi connectivity index (χ1n) is 6.81. The Morgan fingerprint density at radius 1 is 1.00 bits per heavy atom. The Balaban J connectivity index is 2.05. The molecule has 0 amide bonds. The fraction of sp³-hybridized carbons (Fsp3) is 0.0625. The van der Waals surface area contributed by atoms with Crippen LogP contribution in [0.4, 0.5) is 0 Å². The molecule has 4 rings (SSSR count). The first-order valence-corrected chi connectivity index (χ1v) is 8.80. The van der Waals surface area contributed by atoms with Crippen molar-refractivity contribution in [1.82, 2.24) is 19.6 Å². The van der Waals surface area contributed by atoms with Crippen molar-refractivity contribution in [3.8, 4) is 11.4 Å². The lowest BCUT2D eigenvalue weighted by atomic mass is 10.2. The largest absolute Gasteiger partial charge is 0.222 e. The van der Waals surface area contributed by atoms with Crippen molar-refractivity contribution in [2.75, 3.05) is 6.26 Å². The quantitative estimate of drug-likeness (QED) is 0.373. The summed E-state index contributed by atoms with van der Waals surface area (Å²) < 4.78 is 1.76. The van der Waals surface area contributed by atoms with Gasteiger partial charge in [0, 0.05) is 21.0 Å². The van der Waals surface area contributed by atoms with Crippen LogP contribution >= 0.6 is 35.0 Å². The second-order valence-electron chi connectivity index (χ2n) is 4.94. The minimum Gasteiger partial charge on any atom is -0.222 e. The van der Waals surface area contributed by atoms with Crippen LogP contribution in [0.5, 0.6) is 0 Å². The van der Waals surface area contributed by atoms with Crippen LogP contribution in [-0.2, 0) is 0 Å². The predicted octanol–water partition coefficient (Wildman–Crippen LogP) is 4.97. The zero-order valence-corrected chi connectivity index (χ0v) is 14.3. The molecule has 0 fully saturated rings. The third kappa shape index (κ3) is 2.55. The van der Waals surface area contributed by atoms with Gasteiger partial charge in [-0.2, -0.15) is 4.52 Å². The van der Waals surface area contributed by atoms with Crippen molar-refractivity contribution in [2.45, 2.75) is 5.16 Å². The summed E-state index contributed by atoms with van der Waals surface area (Å²) in [4.78, 5) is 9.32.